The SMILES string of the molecule is C[C@@H](NC(=O)C1C=CC2=C(N1)N(C(=O)Nc1cc(C#N)ccn1)[C@H]1CCN2C1)C(F)(F)F. The number of allylic oxidation sites excluding steroid dienone is 1. The van der Waals surface area contributed by atoms with Crippen molar-refractivity contribution in [1.29, 1.82) is 5.26 Å². The van der Waals surface area contributed by atoms with Gasteiger partial charge in [-0.15, -0.1) is 0 Å². The first-order chi connectivity index (χ1) is 15.2. The molecule has 3 amide bonds. The number of hydrogen-bond donors (Lipinski definition) is 3. The Morgan fingerprint density at radius 3 is 2.91 bits per heavy atom. The molecule has 3 atom stereocenters. The van der Waals surface area contributed by atoms with Gasteiger partial charge in [0.15, 0.2) is 0 Å². The average Bonchev–Trinajstić information content (AvgIpc) is 3.17. The minimum absolute atomic E-state index is 0.190. The fourth-order valence-corrected chi connectivity index (χ4v) is 3.88. The summed E-state index contributed by atoms with van der Waals surface area (Å²) >= 11 is 0. The number of fused-ring (bicyclic) bond motifs is 3. The van der Waals surface area contributed by atoms with Crippen molar-refractivity contribution in [3.63, 3.8) is 0 Å². The molecule has 1 saturated heterocycles. The van der Waals surface area contributed by atoms with Crippen LogP contribution in [-0.2, 0) is 4.79 Å². The van der Waals surface area contributed by atoms with Gasteiger partial charge in [0.05, 0.1) is 23.4 Å². The molecular weight excluding hydrogens is 427 g/mol. The van der Waals surface area contributed by atoms with Gasteiger partial charge < -0.3 is 15.5 Å². The summed E-state index contributed by atoms with van der Waals surface area (Å²) in [5, 5.41) is 16.6. The van der Waals surface area contributed by atoms with Crippen LogP contribution in [-0.4, -0.2) is 64.1 Å². The molecule has 12 heteroatoms. The minimum atomic E-state index is -4.56. The smallest absolute Gasteiger partial charge is 0.366 e. The lowest BCUT2D eigenvalue weighted by Crippen LogP contribution is -2.57. The second-order valence-corrected chi connectivity index (χ2v) is 7.72. The van der Waals surface area contributed by atoms with Crippen molar-refractivity contribution in [3.05, 3.63) is 47.6 Å². The molecule has 3 N–H and O–H groups in total. The highest BCUT2D eigenvalue weighted by Crippen LogP contribution is 2.33. The lowest BCUT2D eigenvalue weighted by atomic mass is 10.1. The molecule has 1 fully saturated rings. The number of nitrogens with zero attached hydrogens (tertiary/aromatic N) is 4. The van der Waals surface area contributed by atoms with E-state index in [0.717, 1.165) is 6.92 Å². The van der Waals surface area contributed by atoms with Gasteiger partial charge >= 0.3 is 12.2 Å². The van der Waals surface area contributed by atoms with Gasteiger partial charge in [0.25, 0.3) is 0 Å². The maximum absolute atomic E-state index is 13.1. The number of carbonyl (C=O) groups is 2. The third-order valence-corrected chi connectivity index (χ3v) is 5.57. The molecule has 3 aliphatic rings. The van der Waals surface area contributed by atoms with Gasteiger partial charge in [-0.1, -0.05) is 6.08 Å². The molecule has 0 radical (unpaired) electrons. The molecule has 9 nitrogen and oxygen atoms in total. The van der Waals surface area contributed by atoms with Crippen LogP contribution in [0.15, 0.2) is 42.0 Å². The van der Waals surface area contributed by atoms with Crippen LogP contribution in [0.4, 0.5) is 23.8 Å². The number of alkyl halides is 3. The van der Waals surface area contributed by atoms with Crippen molar-refractivity contribution in [2.75, 3.05) is 18.4 Å². The van der Waals surface area contributed by atoms with Crippen molar-refractivity contribution >= 4 is 17.8 Å². The van der Waals surface area contributed by atoms with Crippen LogP contribution in [0.3, 0.4) is 0 Å². The number of anilines is 1. The van der Waals surface area contributed by atoms with Crippen molar-refractivity contribution in [2.24, 2.45) is 0 Å². The number of nitriles is 1. The molecule has 2 bridgehead atoms. The Kier molecular flexibility index (Phi) is 5.41. The summed E-state index contributed by atoms with van der Waals surface area (Å²) in [7, 11) is 0. The molecular formula is C20H20F3N7O2. The van der Waals surface area contributed by atoms with E-state index < -0.39 is 30.2 Å². The van der Waals surface area contributed by atoms with Gasteiger partial charge in [0, 0.05) is 19.3 Å². The zero-order valence-electron chi connectivity index (χ0n) is 17.0. The van der Waals surface area contributed by atoms with Crippen molar-refractivity contribution in [1.82, 2.24) is 25.4 Å². The van der Waals surface area contributed by atoms with Crippen molar-refractivity contribution < 1.29 is 22.8 Å². The summed E-state index contributed by atoms with van der Waals surface area (Å²) < 4.78 is 38.5. The van der Waals surface area contributed by atoms with Crippen LogP contribution in [0, 0.1) is 11.3 Å². The largest absolute Gasteiger partial charge is 0.408 e. The predicted molar refractivity (Wildman–Crippen MR) is 107 cm³/mol. The number of hydrogen-bond acceptors (Lipinski definition) is 6. The maximum Gasteiger partial charge on any atom is 0.408 e. The summed E-state index contributed by atoms with van der Waals surface area (Å²) in [6.45, 7) is 2.15. The van der Waals surface area contributed by atoms with E-state index in [2.05, 4.69) is 15.6 Å². The molecule has 32 heavy (non-hydrogen) atoms. The number of dihydropyridines is 1. The highest BCUT2D eigenvalue weighted by molar-refractivity contribution is 5.91. The summed E-state index contributed by atoms with van der Waals surface area (Å²) in [5.41, 5.74) is 1.01. The number of pyridine rings is 1. The lowest BCUT2D eigenvalue weighted by molar-refractivity contribution is -0.158. The fourth-order valence-electron chi connectivity index (χ4n) is 3.88. The number of rotatable bonds is 3. The third-order valence-electron chi connectivity index (χ3n) is 5.57. The maximum atomic E-state index is 13.1. The summed E-state index contributed by atoms with van der Waals surface area (Å²) in [4.78, 5) is 33.1. The molecule has 4 heterocycles. The van der Waals surface area contributed by atoms with Crippen molar-refractivity contribution in [2.45, 2.75) is 37.6 Å². The quantitative estimate of drug-likeness (QED) is 0.649. The van der Waals surface area contributed by atoms with Gasteiger partial charge in [-0.3, -0.25) is 15.0 Å². The van der Waals surface area contributed by atoms with Gasteiger partial charge in [0.2, 0.25) is 5.91 Å². The van der Waals surface area contributed by atoms with Crippen LogP contribution in [0.2, 0.25) is 0 Å². The molecule has 0 saturated carbocycles. The second kappa shape index (κ2) is 8.07. The van der Waals surface area contributed by atoms with E-state index in [1.807, 2.05) is 16.3 Å². The molecule has 4 rings (SSSR count). The van der Waals surface area contributed by atoms with Crippen LogP contribution >= 0.6 is 0 Å². The predicted octanol–water partition coefficient (Wildman–Crippen LogP) is 1.64. The summed E-state index contributed by atoms with van der Waals surface area (Å²) in [5.74, 6) is -0.319. The Balaban J connectivity index is 1.54. The van der Waals surface area contributed by atoms with Crippen LogP contribution < -0.4 is 16.0 Å². The summed E-state index contributed by atoms with van der Waals surface area (Å²) in [6, 6.07) is 1.11. The summed E-state index contributed by atoms with van der Waals surface area (Å²) in [6.07, 6.45) is 0.638. The van der Waals surface area contributed by atoms with Gasteiger partial charge in [-0.2, -0.15) is 18.4 Å². The van der Waals surface area contributed by atoms with E-state index in [4.69, 9.17) is 5.26 Å². The van der Waals surface area contributed by atoms with Gasteiger partial charge in [0.1, 0.15) is 23.7 Å². The van der Waals surface area contributed by atoms with E-state index in [1.165, 1.54) is 29.3 Å². The Labute approximate surface area is 181 Å². The van der Waals surface area contributed by atoms with Crippen LogP contribution in [0.25, 0.3) is 0 Å². The lowest BCUT2D eigenvalue weighted by Gasteiger charge is -2.41. The average molecular weight is 447 g/mol. The molecule has 0 aliphatic carbocycles. The number of carbonyl (C=O) groups excluding carboxylic acids is 2. The Morgan fingerprint density at radius 2 is 2.19 bits per heavy atom. The number of nitrogens with one attached hydrogen (secondary N) is 3. The molecule has 1 aromatic heterocycles. The van der Waals surface area contributed by atoms with Crippen molar-refractivity contribution in [3.8, 4) is 6.07 Å². The standard InChI is InChI=1S/C20H20F3N7O2/c1-11(20(21,22)23)26-18(31)14-2-3-15-17(27-14)30(13-5-7-29(15)10-13)19(32)28-16-8-12(9-24)4-6-25-16/h2-4,6,8,11,13-14,27H,5,7,10H2,1H3,(H,26,31)(H,25,28,32)/t11-,13+,14?/m1/s1. The van der Waals surface area contributed by atoms with Gasteiger partial charge in [-0.05, 0) is 31.6 Å². The van der Waals surface area contributed by atoms with E-state index in [1.54, 1.807) is 6.08 Å². The zero-order chi connectivity index (χ0) is 23.0. The number of aromatic nitrogens is 1. The molecule has 1 aromatic rings. The monoisotopic (exact) mass is 447 g/mol. The number of halogens is 3. The molecule has 3 aliphatic heterocycles. The van der Waals surface area contributed by atoms with Gasteiger partial charge in [-0.25, -0.2) is 9.78 Å². The number of amides is 3. The Morgan fingerprint density at radius 1 is 1.41 bits per heavy atom. The molecule has 1 unspecified atom stereocenters. The normalized spacial score (nSPS) is 22.6. The van der Waals surface area contributed by atoms with Crippen LogP contribution in [0.5, 0.6) is 0 Å². The van der Waals surface area contributed by atoms with E-state index >= 15 is 0 Å². The van der Waals surface area contributed by atoms with E-state index in [9.17, 15) is 22.8 Å². The first kappa shape index (κ1) is 21.5. The first-order valence-corrected chi connectivity index (χ1v) is 9.95. The topological polar surface area (TPSA) is 113 Å². The Bertz CT molecular complexity index is 1050. The zero-order valence-corrected chi connectivity index (χ0v) is 17.0. The fraction of sp³-hybridized carbons (Fsp3) is 0.400. The van der Waals surface area contributed by atoms with E-state index in [-0.39, 0.29) is 11.9 Å². The highest BCUT2D eigenvalue weighted by Gasteiger charge is 2.43. The molecule has 0 aromatic carbocycles. The second-order valence-electron chi connectivity index (χ2n) is 7.72. The number of urea groups is 1. The Hall–Kier alpha value is -3.75. The third kappa shape index (κ3) is 4.05. The minimum Gasteiger partial charge on any atom is -0.366 e. The highest BCUT2D eigenvalue weighted by atomic mass is 19.4. The van der Waals surface area contributed by atoms with Crippen LogP contribution in [0.1, 0.15) is 18.9 Å². The first-order valence-electron chi connectivity index (χ1n) is 9.95. The molecule has 168 valence electrons. The van der Waals surface area contributed by atoms with E-state index in [0.29, 0.717) is 36.6 Å². The molecule has 0 spiro atoms.